The molecule has 0 fully saturated rings. The van der Waals surface area contributed by atoms with Crippen LogP contribution in [0.2, 0.25) is 0 Å². The van der Waals surface area contributed by atoms with E-state index in [0.29, 0.717) is 0 Å². The Bertz CT molecular complexity index is 705. The van der Waals surface area contributed by atoms with Gasteiger partial charge in [0.2, 0.25) is 0 Å². The molecule has 0 saturated carbocycles. The smallest absolute Gasteiger partial charge is 0.326 e. The van der Waals surface area contributed by atoms with Gasteiger partial charge in [-0.05, 0) is 19.1 Å². The lowest BCUT2D eigenvalue weighted by Crippen LogP contribution is -2.30. The van der Waals surface area contributed by atoms with Crippen molar-refractivity contribution in [2.45, 2.75) is 13.0 Å². The number of carboxylic acids is 1. The van der Waals surface area contributed by atoms with E-state index >= 15 is 0 Å². The van der Waals surface area contributed by atoms with Gasteiger partial charge in [-0.15, -0.1) is 0 Å². The first-order valence-corrected chi connectivity index (χ1v) is 5.11. The van der Waals surface area contributed by atoms with Crippen LogP contribution in [0.4, 0.5) is 0 Å². The van der Waals surface area contributed by atoms with Gasteiger partial charge in [-0.25, -0.2) is 14.8 Å². The number of H-pyrrole nitrogens is 1. The second kappa shape index (κ2) is 4.06. The highest BCUT2D eigenvalue weighted by Gasteiger charge is 2.18. The molecular formula is C9H8N4O3S. The third kappa shape index (κ3) is 1.82. The molecule has 1 atom stereocenters. The van der Waals surface area contributed by atoms with Crippen LogP contribution >= 0.6 is 12.2 Å². The number of carboxylic acid groups (broad SMARTS) is 1. The minimum atomic E-state index is -1.14. The summed E-state index contributed by atoms with van der Waals surface area (Å²) in [6.45, 7) is 1.37. The zero-order valence-corrected chi connectivity index (χ0v) is 9.56. The summed E-state index contributed by atoms with van der Waals surface area (Å²) in [6, 6.07) is -1.06. The molecule has 0 spiro atoms. The molecule has 0 bridgehead atoms. The highest BCUT2D eigenvalue weighted by Crippen LogP contribution is 2.06. The summed E-state index contributed by atoms with van der Waals surface area (Å²) in [4.78, 5) is 33.3. The quantitative estimate of drug-likeness (QED) is 0.754. The first-order valence-electron chi connectivity index (χ1n) is 4.70. The van der Waals surface area contributed by atoms with Gasteiger partial charge in [-0.1, -0.05) is 0 Å². The zero-order valence-electron chi connectivity index (χ0n) is 8.75. The van der Waals surface area contributed by atoms with E-state index in [4.69, 9.17) is 17.3 Å². The number of hydrogen-bond donors (Lipinski definition) is 2. The molecule has 0 aliphatic carbocycles. The van der Waals surface area contributed by atoms with Crippen molar-refractivity contribution in [2.75, 3.05) is 0 Å². The van der Waals surface area contributed by atoms with Gasteiger partial charge in [0.25, 0.3) is 5.56 Å². The summed E-state index contributed by atoms with van der Waals surface area (Å²) in [7, 11) is 0. The molecule has 17 heavy (non-hydrogen) atoms. The third-order valence-corrected chi connectivity index (χ3v) is 2.61. The van der Waals surface area contributed by atoms with Gasteiger partial charge in [-0.2, -0.15) is 0 Å². The fourth-order valence-electron chi connectivity index (χ4n) is 1.42. The fraction of sp³-hybridized carbons (Fsp3) is 0.222. The van der Waals surface area contributed by atoms with Gasteiger partial charge in [0.05, 0.1) is 0 Å². The molecule has 7 nitrogen and oxygen atoms in total. The van der Waals surface area contributed by atoms with Crippen LogP contribution in [-0.2, 0) is 4.79 Å². The number of carbonyl (C=O) groups is 1. The molecule has 0 saturated heterocycles. The summed E-state index contributed by atoms with van der Waals surface area (Å²) in [5.41, 5.74) is -0.253. The number of nitrogens with one attached hydrogen (secondary N) is 1. The summed E-state index contributed by atoms with van der Waals surface area (Å²) >= 11 is 4.94. The van der Waals surface area contributed by atoms with Crippen molar-refractivity contribution >= 4 is 29.4 Å². The summed E-state index contributed by atoms with van der Waals surface area (Å²) < 4.78 is 0.979. The highest BCUT2D eigenvalue weighted by molar-refractivity contribution is 7.71. The van der Waals surface area contributed by atoms with Gasteiger partial charge in [-0.3, -0.25) is 9.36 Å². The molecule has 0 aromatic carbocycles. The minimum Gasteiger partial charge on any atom is -0.480 e. The van der Waals surface area contributed by atoms with Crippen molar-refractivity contribution in [2.24, 2.45) is 0 Å². The molecule has 2 N–H and O–H groups in total. The van der Waals surface area contributed by atoms with Crippen molar-refractivity contribution in [3.8, 4) is 0 Å². The average molecular weight is 252 g/mol. The van der Waals surface area contributed by atoms with Gasteiger partial charge in [0.1, 0.15) is 6.04 Å². The van der Waals surface area contributed by atoms with E-state index in [1.54, 1.807) is 0 Å². The van der Waals surface area contributed by atoms with Crippen LogP contribution in [0.25, 0.3) is 11.2 Å². The van der Waals surface area contributed by atoms with Crippen LogP contribution in [0.15, 0.2) is 17.2 Å². The summed E-state index contributed by atoms with van der Waals surface area (Å²) in [5, 5.41) is 8.90. The number of aromatic nitrogens is 4. The number of rotatable bonds is 2. The number of nitrogens with zero attached hydrogens (tertiary/aromatic N) is 3. The molecule has 88 valence electrons. The van der Waals surface area contributed by atoms with Crippen molar-refractivity contribution < 1.29 is 9.90 Å². The van der Waals surface area contributed by atoms with Gasteiger partial charge in [0.15, 0.2) is 15.9 Å². The number of aliphatic carboxylic acids is 1. The van der Waals surface area contributed by atoms with E-state index in [0.717, 1.165) is 4.57 Å². The van der Waals surface area contributed by atoms with Crippen molar-refractivity contribution in [3.05, 3.63) is 27.5 Å². The number of fused-ring (bicyclic) bond motifs is 1. The maximum Gasteiger partial charge on any atom is 0.326 e. The lowest BCUT2D eigenvalue weighted by Gasteiger charge is -2.10. The molecule has 0 radical (unpaired) electrons. The Kier molecular flexibility index (Phi) is 2.72. The Morgan fingerprint density at radius 3 is 2.82 bits per heavy atom. The third-order valence-electron chi connectivity index (χ3n) is 2.31. The monoisotopic (exact) mass is 252 g/mol. The molecule has 2 rings (SSSR count). The van der Waals surface area contributed by atoms with E-state index in [1.807, 2.05) is 0 Å². The van der Waals surface area contributed by atoms with E-state index in [-0.39, 0.29) is 15.9 Å². The van der Waals surface area contributed by atoms with Gasteiger partial charge < -0.3 is 10.1 Å². The Morgan fingerprint density at radius 2 is 2.18 bits per heavy atom. The van der Waals surface area contributed by atoms with Crippen molar-refractivity contribution in [1.82, 2.24) is 19.5 Å². The molecule has 0 aliphatic heterocycles. The Balaban J connectivity index is 2.86. The second-order valence-electron chi connectivity index (χ2n) is 3.37. The number of hydrogen-bond acceptors (Lipinski definition) is 5. The standard InChI is InChI=1S/C9H8N4O3S/c1-4(8(15)16)13-7(14)5-6(12-9(13)17)11-3-2-10-5/h2-4H,1H3,(H,15,16)(H,11,12,17)/t4-/m0/s1. The first-order chi connectivity index (χ1) is 8.02. The van der Waals surface area contributed by atoms with E-state index < -0.39 is 17.6 Å². The molecule has 2 heterocycles. The van der Waals surface area contributed by atoms with Crippen LogP contribution in [0.3, 0.4) is 0 Å². The predicted molar refractivity (Wildman–Crippen MR) is 61.3 cm³/mol. The van der Waals surface area contributed by atoms with Crippen molar-refractivity contribution in [1.29, 1.82) is 0 Å². The molecule has 8 heteroatoms. The maximum atomic E-state index is 12.0. The summed E-state index contributed by atoms with van der Waals surface area (Å²) in [5.74, 6) is -1.14. The number of aromatic amines is 1. The second-order valence-corrected chi connectivity index (χ2v) is 3.76. The van der Waals surface area contributed by atoms with Crippen LogP contribution in [0, 0.1) is 4.77 Å². The SMILES string of the molecule is C[C@@H](C(=O)O)n1c(=S)[nH]c2nccnc2c1=O. The highest BCUT2D eigenvalue weighted by atomic mass is 32.1. The zero-order chi connectivity index (χ0) is 12.6. The Hall–Kier alpha value is -2.09. The Morgan fingerprint density at radius 1 is 1.53 bits per heavy atom. The first kappa shape index (κ1) is 11.4. The van der Waals surface area contributed by atoms with Gasteiger partial charge >= 0.3 is 5.97 Å². The van der Waals surface area contributed by atoms with E-state index in [2.05, 4.69) is 15.0 Å². The van der Waals surface area contributed by atoms with E-state index in [9.17, 15) is 9.59 Å². The molecule has 0 aliphatic rings. The average Bonchev–Trinajstić information content (AvgIpc) is 2.28. The molecular weight excluding hydrogens is 244 g/mol. The van der Waals surface area contributed by atoms with Crippen LogP contribution in [0.1, 0.15) is 13.0 Å². The molecule has 0 unspecified atom stereocenters. The minimum absolute atomic E-state index is 0.0119. The molecule has 0 amide bonds. The van der Waals surface area contributed by atoms with E-state index in [1.165, 1.54) is 19.3 Å². The molecule has 2 aromatic heterocycles. The van der Waals surface area contributed by atoms with Crippen molar-refractivity contribution in [3.63, 3.8) is 0 Å². The fourth-order valence-corrected chi connectivity index (χ4v) is 1.75. The maximum absolute atomic E-state index is 12.0. The van der Waals surface area contributed by atoms with Gasteiger partial charge in [0, 0.05) is 12.4 Å². The Labute approximate surface area is 99.8 Å². The van der Waals surface area contributed by atoms with Crippen LogP contribution < -0.4 is 5.56 Å². The van der Waals surface area contributed by atoms with Crippen LogP contribution in [-0.4, -0.2) is 30.6 Å². The normalized spacial score (nSPS) is 12.5. The lowest BCUT2D eigenvalue weighted by molar-refractivity contribution is -0.140. The topological polar surface area (TPSA) is 101 Å². The predicted octanol–water partition coefficient (Wildman–Crippen LogP) is 0.495. The lowest BCUT2D eigenvalue weighted by atomic mass is 10.3. The summed E-state index contributed by atoms with van der Waals surface area (Å²) in [6.07, 6.45) is 2.77. The van der Waals surface area contributed by atoms with Crippen LogP contribution in [0.5, 0.6) is 0 Å². The largest absolute Gasteiger partial charge is 0.480 e. The molecule has 2 aromatic rings.